The molecule has 0 aliphatic heterocycles. The summed E-state index contributed by atoms with van der Waals surface area (Å²) in [6.07, 6.45) is 2.44. The van der Waals surface area contributed by atoms with Crippen LogP contribution in [0.1, 0.15) is 44.2 Å². The van der Waals surface area contributed by atoms with E-state index in [1.165, 1.54) is 11.8 Å². The van der Waals surface area contributed by atoms with Crippen molar-refractivity contribution in [3.8, 4) is 5.75 Å². The Labute approximate surface area is 211 Å². The molecule has 1 atom stereocenters. The van der Waals surface area contributed by atoms with Gasteiger partial charge in [0.25, 0.3) is 0 Å². The lowest BCUT2D eigenvalue weighted by Gasteiger charge is -2.30. The summed E-state index contributed by atoms with van der Waals surface area (Å²) in [5, 5.41) is 3.98. The molecular formula is C25H32Cl2N2O3S. The number of methoxy groups -OCH3 is 1. The average Bonchev–Trinajstić information content (AvgIpc) is 2.81. The van der Waals surface area contributed by atoms with Gasteiger partial charge in [-0.25, -0.2) is 0 Å². The van der Waals surface area contributed by atoms with Crippen molar-refractivity contribution in [2.75, 3.05) is 19.4 Å². The second-order valence-electron chi connectivity index (χ2n) is 7.68. The predicted molar refractivity (Wildman–Crippen MR) is 138 cm³/mol. The summed E-state index contributed by atoms with van der Waals surface area (Å²) in [4.78, 5) is 27.9. The Balaban J connectivity index is 2.13. The van der Waals surface area contributed by atoms with Crippen LogP contribution in [0.3, 0.4) is 0 Å². The van der Waals surface area contributed by atoms with Crippen LogP contribution in [0.2, 0.25) is 10.0 Å². The molecule has 1 N–H and O–H groups in total. The van der Waals surface area contributed by atoms with Crippen molar-refractivity contribution in [2.45, 2.75) is 51.4 Å². The lowest BCUT2D eigenvalue weighted by molar-refractivity contribution is -0.139. The first-order valence-electron chi connectivity index (χ1n) is 11.1. The maximum Gasteiger partial charge on any atom is 0.242 e. The molecule has 33 heavy (non-hydrogen) atoms. The minimum absolute atomic E-state index is 0.0830. The quantitative estimate of drug-likeness (QED) is 0.337. The lowest BCUT2D eigenvalue weighted by Crippen LogP contribution is -2.49. The molecule has 0 saturated heterocycles. The van der Waals surface area contributed by atoms with Crippen molar-refractivity contribution in [2.24, 2.45) is 0 Å². The fourth-order valence-electron chi connectivity index (χ4n) is 3.36. The molecule has 0 saturated carbocycles. The Morgan fingerprint density at radius 1 is 1.09 bits per heavy atom. The topological polar surface area (TPSA) is 58.6 Å². The number of hydrogen-bond acceptors (Lipinski definition) is 4. The molecule has 0 spiro atoms. The molecule has 5 nitrogen and oxygen atoms in total. The largest absolute Gasteiger partial charge is 0.497 e. The molecule has 0 unspecified atom stereocenters. The molecule has 2 rings (SSSR count). The van der Waals surface area contributed by atoms with E-state index in [0.717, 1.165) is 24.0 Å². The monoisotopic (exact) mass is 510 g/mol. The molecule has 2 amide bonds. The third-order valence-electron chi connectivity index (χ3n) is 5.18. The van der Waals surface area contributed by atoms with E-state index in [1.54, 1.807) is 18.1 Å². The molecule has 0 bridgehead atoms. The van der Waals surface area contributed by atoms with Gasteiger partial charge in [-0.15, -0.1) is 11.8 Å². The second kappa shape index (κ2) is 14.4. The molecule has 2 aromatic carbocycles. The molecule has 2 aromatic rings. The van der Waals surface area contributed by atoms with E-state index in [4.69, 9.17) is 27.9 Å². The first kappa shape index (κ1) is 27.4. The van der Waals surface area contributed by atoms with E-state index in [0.29, 0.717) is 41.1 Å². The number of rotatable bonds is 13. The maximum absolute atomic E-state index is 13.3. The standard InChI is InChI=1S/C25H32Cl2N2O3S/c1-4-6-12-28-25(31)23(5-2)29(15-18-8-7-9-20(13-18)32-3)24(30)17-33-16-19-10-11-21(26)22(27)14-19/h7-11,13-14,23H,4-6,12,15-17H2,1-3H3,(H,28,31)/t23-/m0/s1. The summed E-state index contributed by atoms with van der Waals surface area (Å²) < 4.78 is 5.32. The molecule has 0 fully saturated rings. The van der Waals surface area contributed by atoms with Gasteiger partial charge in [0.2, 0.25) is 11.8 Å². The zero-order chi connectivity index (χ0) is 24.2. The highest BCUT2D eigenvalue weighted by atomic mass is 35.5. The third kappa shape index (κ3) is 8.76. The van der Waals surface area contributed by atoms with Crippen LogP contribution in [-0.2, 0) is 21.9 Å². The molecular weight excluding hydrogens is 479 g/mol. The highest BCUT2D eigenvalue weighted by Gasteiger charge is 2.28. The molecule has 0 aliphatic carbocycles. The smallest absolute Gasteiger partial charge is 0.242 e. The Morgan fingerprint density at radius 3 is 2.55 bits per heavy atom. The lowest BCUT2D eigenvalue weighted by atomic mass is 10.1. The highest BCUT2D eigenvalue weighted by Crippen LogP contribution is 2.25. The highest BCUT2D eigenvalue weighted by molar-refractivity contribution is 7.99. The molecule has 0 aliphatic rings. The number of carbonyl (C=O) groups is 2. The number of nitrogens with zero attached hydrogens (tertiary/aromatic N) is 1. The average molecular weight is 512 g/mol. The van der Waals surface area contributed by atoms with E-state index >= 15 is 0 Å². The van der Waals surface area contributed by atoms with Crippen molar-refractivity contribution < 1.29 is 14.3 Å². The van der Waals surface area contributed by atoms with Crippen LogP contribution in [0, 0.1) is 0 Å². The molecule has 180 valence electrons. The van der Waals surface area contributed by atoms with Gasteiger partial charge in [-0.1, -0.05) is 61.7 Å². The van der Waals surface area contributed by atoms with Gasteiger partial charge in [0, 0.05) is 18.8 Å². The van der Waals surface area contributed by atoms with Gasteiger partial charge in [0.15, 0.2) is 0 Å². The number of halogens is 2. The fourth-order valence-corrected chi connectivity index (χ4v) is 4.54. The summed E-state index contributed by atoms with van der Waals surface area (Å²) in [5.41, 5.74) is 1.91. The van der Waals surface area contributed by atoms with E-state index < -0.39 is 6.04 Å². The van der Waals surface area contributed by atoms with Crippen molar-refractivity contribution in [1.82, 2.24) is 10.2 Å². The van der Waals surface area contributed by atoms with Gasteiger partial charge in [-0.05, 0) is 48.2 Å². The number of unbranched alkanes of at least 4 members (excludes halogenated alkanes) is 1. The number of carbonyl (C=O) groups excluding carboxylic acids is 2. The SMILES string of the molecule is CCCCNC(=O)[C@H](CC)N(Cc1cccc(OC)c1)C(=O)CSCc1ccc(Cl)c(Cl)c1. The first-order chi connectivity index (χ1) is 15.9. The summed E-state index contributed by atoms with van der Waals surface area (Å²) in [5.74, 6) is 1.39. The zero-order valence-corrected chi connectivity index (χ0v) is 21.7. The van der Waals surface area contributed by atoms with E-state index in [-0.39, 0.29) is 17.6 Å². The number of amides is 2. The van der Waals surface area contributed by atoms with Gasteiger partial charge in [-0.2, -0.15) is 0 Å². The van der Waals surface area contributed by atoms with Crippen LogP contribution < -0.4 is 10.1 Å². The van der Waals surface area contributed by atoms with Gasteiger partial charge >= 0.3 is 0 Å². The van der Waals surface area contributed by atoms with Crippen molar-refractivity contribution in [1.29, 1.82) is 0 Å². The number of ether oxygens (including phenoxy) is 1. The third-order valence-corrected chi connectivity index (χ3v) is 6.91. The van der Waals surface area contributed by atoms with Crippen molar-refractivity contribution in [3.63, 3.8) is 0 Å². The minimum atomic E-state index is -0.536. The Kier molecular flexibility index (Phi) is 11.9. The van der Waals surface area contributed by atoms with Crippen molar-refractivity contribution >= 4 is 46.8 Å². The molecule has 8 heteroatoms. The van der Waals surface area contributed by atoms with Crippen LogP contribution in [0.4, 0.5) is 0 Å². The second-order valence-corrected chi connectivity index (χ2v) is 9.48. The first-order valence-corrected chi connectivity index (χ1v) is 13.0. The van der Waals surface area contributed by atoms with E-state index in [1.807, 2.05) is 43.3 Å². The molecule has 0 radical (unpaired) electrons. The molecule has 0 aromatic heterocycles. The molecule has 0 heterocycles. The fraction of sp³-hybridized carbons (Fsp3) is 0.440. The van der Waals surface area contributed by atoms with Crippen LogP contribution in [0.5, 0.6) is 5.75 Å². The van der Waals surface area contributed by atoms with E-state index in [9.17, 15) is 9.59 Å². The number of nitrogens with one attached hydrogen (secondary N) is 1. The number of hydrogen-bond donors (Lipinski definition) is 1. The van der Waals surface area contributed by atoms with Crippen LogP contribution in [-0.4, -0.2) is 42.2 Å². The summed E-state index contributed by atoms with van der Waals surface area (Å²) in [6, 6.07) is 12.5. The predicted octanol–water partition coefficient (Wildman–Crippen LogP) is 5.96. The van der Waals surface area contributed by atoms with Crippen LogP contribution in [0.15, 0.2) is 42.5 Å². The number of thioether (sulfide) groups is 1. The minimum Gasteiger partial charge on any atom is -0.497 e. The Morgan fingerprint density at radius 2 is 1.88 bits per heavy atom. The van der Waals surface area contributed by atoms with Crippen molar-refractivity contribution in [3.05, 3.63) is 63.6 Å². The van der Waals surface area contributed by atoms with Crippen LogP contribution in [0.25, 0.3) is 0 Å². The Bertz CT molecular complexity index is 926. The van der Waals surface area contributed by atoms with Gasteiger partial charge in [0.05, 0.1) is 22.9 Å². The normalized spacial score (nSPS) is 11.7. The number of benzene rings is 2. The van der Waals surface area contributed by atoms with E-state index in [2.05, 4.69) is 12.2 Å². The summed E-state index contributed by atoms with van der Waals surface area (Å²) in [6.45, 7) is 4.95. The summed E-state index contributed by atoms with van der Waals surface area (Å²) >= 11 is 13.6. The Hall–Kier alpha value is -1.89. The zero-order valence-electron chi connectivity index (χ0n) is 19.4. The van der Waals surface area contributed by atoms with Gasteiger partial charge in [0.1, 0.15) is 11.8 Å². The van der Waals surface area contributed by atoms with Gasteiger partial charge in [-0.3, -0.25) is 9.59 Å². The maximum atomic E-state index is 13.3. The van der Waals surface area contributed by atoms with Gasteiger partial charge < -0.3 is 15.0 Å². The summed E-state index contributed by atoms with van der Waals surface area (Å²) in [7, 11) is 1.61. The van der Waals surface area contributed by atoms with Crippen LogP contribution >= 0.6 is 35.0 Å².